The third-order valence-electron chi connectivity index (χ3n) is 3.20. The van der Waals surface area contributed by atoms with Crippen molar-refractivity contribution in [2.24, 2.45) is 0 Å². The van der Waals surface area contributed by atoms with Crippen molar-refractivity contribution < 1.29 is 19.1 Å². The van der Waals surface area contributed by atoms with E-state index in [9.17, 15) is 9.59 Å². The molecule has 1 aliphatic heterocycles. The fraction of sp³-hybridized carbons (Fsp3) is 0.846. The average molecular weight is 287 g/mol. The van der Waals surface area contributed by atoms with Gasteiger partial charge in [-0.15, -0.1) is 0 Å². The van der Waals surface area contributed by atoms with E-state index in [1.54, 1.807) is 18.9 Å². The number of piperidine rings is 1. The second-order valence-electron chi connectivity index (χ2n) is 4.68. The summed E-state index contributed by atoms with van der Waals surface area (Å²) < 4.78 is 9.82. The predicted molar refractivity (Wildman–Crippen MR) is 74.5 cm³/mol. The molecule has 7 heteroatoms. The standard InChI is InChI=1S/C13H25N3O4/c1-3-20-13(18)16-7-4-11(5-8-16)15-10-12(17)14-6-9-19-2/h11,15H,3-10H2,1-2H3,(H,14,17). The van der Waals surface area contributed by atoms with Crippen molar-refractivity contribution in [3.63, 3.8) is 0 Å². The third kappa shape index (κ3) is 6.21. The van der Waals surface area contributed by atoms with Crippen molar-refractivity contribution in [3.8, 4) is 0 Å². The second-order valence-corrected chi connectivity index (χ2v) is 4.68. The summed E-state index contributed by atoms with van der Waals surface area (Å²) in [4.78, 5) is 24.7. The Bertz CT molecular complexity index is 304. The first-order valence-electron chi connectivity index (χ1n) is 7.08. The van der Waals surface area contributed by atoms with Crippen LogP contribution in [0.15, 0.2) is 0 Å². The van der Waals surface area contributed by atoms with Gasteiger partial charge in [0.25, 0.3) is 0 Å². The van der Waals surface area contributed by atoms with Crippen molar-refractivity contribution in [1.82, 2.24) is 15.5 Å². The number of carbonyl (C=O) groups excluding carboxylic acids is 2. The van der Waals surface area contributed by atoms with Gasteiger partial charge in [-0.3, -0.25) is 4.79 Å². The Hall–Kier alpha value is -1.34. The predicted octanol–water partition coefficient (Wildman–Crippen LogP) is -0.0405. The number of nitrogens with zero attached hydrogens (tertiary/aromatic N) is 1. The molecule has 0 spiro atoms. The number of hydrogen-bond donors (Lipinski definition) is 2. The first kappa shape index (κ1) is 16.7. The van der Waals surface area contributed by atoms with Crippen molar-refractivity contribution in [2.45, 2.75) is 25.8 Å². The lowest BCUT2D eigenvalue weighted by molar-refractivity contribution is -0.120. The largest absolute Gasteiger partial charge is 0.450 e. The topological polar surface area (TPSA) is 79.9 Å². The van der Waals surface area contributed by atoms with Gasteiger partial charge in [0.15, 0.2) is 0 Å². The molecule has 116 valence electrons. The van der Waals surface area contributed by atoms with Gasteiger partial charge >= 0.3 is 6.09 Å². The lowest BCUT2D eigenvalue weighted by Crippen LogP contribution is -2.47. The van der Waals surface area contributed by atoms with Gasteiger partial charge in [-0.2, -0.15) is 0 Å². The minimum atomic E-state index is -0.247. The molecule has 2 N–H and O–H groups in total. The van der Waals surface area contributed by atoms with E-state index in [0.29, 0.717) is 39.4 Å². The van der Waals surface area contributed by atoms with Gasteiger partial charge < -0.3 is 25.0 Å². The summed E-state index contributed by atoms with van der Waals surface area (Å²) >= 11 is 0. The molecule has 2 amide bonds. The number of ether oxygens (including phenoxy) is 2. The summed E-state index contributed by atoms with van der Waals surface area (Å²) in [6.07, 6.45) is 1.43. The molecule has 0 unspecified atom stereocenters. The summed E-state index contributed by atoms with van der Waals surface area (Å²) in [5, 5.41) is 5.96. The van der Waals surface area contributed by atoms with Gasteiger partial charge in [0.2, 0.25) is 5.91 Å². The molecule has 1 aliphatic rings. The van der Waals surface area contributed by atoms with Gasteiger partial charge in [-0.05, 0) is 19.8 Å². The molecule has 7 nitrogen and oxygen atoms in total. The number of hydrogen-bond acceptors (Lipinski definition) is 5. The molecular formula is C13H25N3O4. The molecule has 0 aliphatic carbocycles. The fourth-order valence-corrected chi connectivity index (χ4v) is 2.07. The first-order chi connectivity index (χ1) is 9.67. The fourth-order valence-electron chi connectivity index (χ4n) is 2.07. The van der Waals surface area contributed by atoms with E-state index in [0.717, 1.165) is 12.8 Å². The Labute approximate surface area is 120 Å². The Morgan fingerprint density at radius 3 is 2.60 bits per heavy atom. The van der Waals surface area contributed by atoms with E-state index in [-0.39, 0.29) is 18.0 Å². The van der Waals surface area contributed by atoms with Crippen molar-refractivity contribution in [2.75, 3.05) is 46.5 Å². The Kier molecular flexibility index (Phi) is 7.98. The van der Waals surface area contributed by atoms with Gasteiger partial charge in [-0.1, -0.05) is 0 Å². The molecule has 0 aromatic rings. The average Bonchev–Trinajstić information content (AvgIpc) is 2.46. The van der Waals surface area contributed by atoms with Crippen LogP contribution in [0.5, 0.6) is 0 Å². The van der Waals surface area contributed by atoms with Crippen molar-refractivity contribution in [3.05, 3.63) is 0 Å². The Morgan fingerprint density at radius 2 is 2.00 bits per heavy atom. The Balaban J connectivity index is 2.13. The molecule has 0 radical (unpaired) electrons. The van der Waals surface area contributed by atoms with Crippen LogP contribution in [0.2, 0.25) is 0 Å². The minimum absolute atomic E-state index is 0.0325. The number of methoxy groups -OCH3 is 1. The van der Waals surface area contributed by atoms with E-state index >= 15 is 0 Å². The Morgan fingerprint density at radius 1 is 1.30 bits per heavy atom. The van der Waals surface area contributed by atoms with Crippen LogP contribution >= 0.6 is 0 Å². The summed E-state index contributed by atoms with van der Waals surface area (Å²) in [6.45, 7) is 4.88. The summed E-state index contributed by atoms with van der Waals surface area (Å²) in [5.74, 6) is -0.0325. The molecule has 1 fully saturated rings. The summed E-state index contributed by atoms with van der Waals surface area (Å²) in [5.41, 5.74) is 0. The highest BCUT2D eigenvalue weighted by Gasteiger charge is 2.23. The van der Waals surface area contributed by atoms with Crippen LogP contribution in [0.3, 0.4) is 0 Å². The van der Waals surface area contributed by atoms with Crippen LogP contribution in [0.4, 0.5) is 4.79 Å². The lowest BCUT2D eigenvalue weighted by atomic mass is 10.1. The number of amides is 2. The summed E-state index contributed by atoms with van der Waals surface area (Å²) in [7, 11) is 1.60. The molecule has 0 atom stereocenters. The molecule has 1 rings (SSSR count). The maximum absolute atomic E-state index is 11.5. The molecular weight excluding hydrogens is 262 g/mol. The molecule has 0 aromatic carbocycles. The van der Waals surface area contributed by atoms with Gasteiger partial charge in [0.05, 0.1) is 19.8 Å². The third-order valence-corrected chi connectivity index (χ3v) is 3.20. The van der Waals surface area contributed by atoms with E-state index < -0.39 is 0 Å². The molecule has 0 saturated carbocycles. The van der Waals surface area contributed by atoms with Crippen LogP contribution < -0.4 is 10.6 Å². The van der Waals surface area contributed by atoms with E-state index in [2.05, 4.69) is 10.6 Å². The monoisotopic (exact) mass is 287 g/mol. The maximum Gasteiger partial charge on any atom is 0.409 e. The van der Waals surface area contributed by atoms with Gasteiger partial charge in [0, 0.05) is 32.8 Å². The van der Waals surface area contributed by atoms with Crippen molar-refractivity contribution >= 4 is 12.0 Å². The maximum atomic E-state index is 11.5. The lowest BCUT2D eigenvalue weighted by Gasteiger charge is -2.31. The summed E-state index contributed by atoms with van der Waals surface area (Å²) in [6, 6.07) is 0.272. The minimum Gasteiger partial charge on any atom is -0.450 e. The normalized spacial score (nSPS) is 16.0. The zero-order valence-corrected chi connectivity index (χ0v) is 12.3. The number of nitrogens with one attached hydrogen (secondary N) is 2. The highest BCUT2D eigenvalue weighted by Crippen LogP contribution is 2.11. The van der Waals surface area contributed by atoms with Crippen LogP contribution in [-0.4, -0.2) is 69.4 Å². The zero-order valence-electron chi connectivity index (χ0n) is 12.3. The zero-order chi connectivity index (χ0) is 14.8. The molecule has 0 aromatic heterocycles. The smallest absolute Gasteiger partial charge is 0.409 e. The number of carbonyl (C=O) groups is 2. The van der Waals surface area contributed by atoms with Crippen molar-refractivity contribution in [1.29, 1.82) is 0 Å². The van der Waals surface area contributed by atoms with Crippen LogP contribution in [0.25, 0.3) is 0 Å². The highest BCUT2D eigenvalue weighted by atomic mass is 16.6. The quantitative estimate of drug-likeness (QED) is 0.642. The number of rotatable bonds is 7. The van der Waals surface area contributed by atoms with Gasteiger partial charge in [-0.25, -0.2) is 4.79 Å². The number of likely N-dealkylation sites (tertiary alicyclic amines) is 1. The molecule has 1 saturated heterocycles. The first-order valence-corrected chi connectivity index (χ1v) is 7.08. The molecule has 20 heavy (non-hydrogen) atoms. The van der Waals surface area contributed by atoms with E-state index in [4.69, 9.17) is 9.47 Å². The van der Waals surface area contributed by atoms with E-state index in [1.807, 2.05) is 0 Å². The second kappa shape index (κ2) is 9.55. The molecule has 0 bridgehead atoms. The van der Waals surface area contributed by atoms with Crippen LogP contribution in [-0.2, 0) is 14.3 Å². The highest BCUT2D eigenvalue weighted by molar-refractivity contribution is 5.78. The van der Waals surface area contributed by atoms with Crippen LogP contribution in [0, 0.1) is 0 Å². The SMILES string of the molecule is CCOC(=O)N1CCC(NCC(=O)NCCOC)CC1. The van der Waals surface area contributed by atoms with Gasteiger partial charge in [0.1, 0.15) is 0 Å². The molecule has 1 heterocycles. The van der Waals surface area contributed by atoms with E-state index in [1.165, 1.54) is 0 Å². The van der Waals surface area contributed by atoms with Crippen LogP contribution in [0.1, 0.15) is 19.8 Å².